The predicted octanol–water partition coefficient (Wildman–Crippen LogP) is 2.13. The SMILES string of the molecule is CC(C)c1nc(CC2CCCCNC2)no1. The Labute approximate surface area is 96.8 Å². The lowest BCUT2D eigenvalue weighted by atomic mass is 9.99. The first-order valence-electron chi connectivity index (χ1n) is 6.29. The highest BCUT2D eigenvalue weighted by atomic mass is 16.5. The number of nitrogens with zero attached hydrogens (tertiary/aromatic N) is 2. The maximum absolute atomic E-state index is 5.22. The van der Waals surface area contributed by atoms with Crippen LogP contribution in [0.4, 0.5) is 0 Å². The smallest absolute Gasteiger partial charge is 0.229 e. The predicted molar refractivity (Wildman–Crippen MR) is 62.3 cm³/mol. The average molecular weight is 223 g/mol. The fourth-order valence-electron chi connectivity index (χ4n) is 2.11. The molecule has 0 aromatic carbocycles. The minimum Gasteiger partial charge on any atom is -0.339 e. The molecule has 1 aromatic heterocycles. The van der Waals surface area contributed by atoms with Gasteiger partial charge in [-0.1, -0.05) is 25.4 Å². The molecule has 1 aliphatic heterocycles. The molecular formula is C12H21N3O. The van der Waals surface area contributed by atoms with E-state index >= 15 is 0 Å². The van der Waals surface area contributed by atoms with Crippen LogP contribution in [0.5, 0.6) is 0 Å². The molecule has 1 aliphatic rings. The molecule has 1 unspecified atom stereocenters. The van der Waals surface area contributed by atoms with Gasteiger partial charge in [0.05, 0.1) is 0 Å². The lowest BCUT2D eigenvalue weighted by Crippen LogP contribution is -2.22. The van der Waals surface area contributed by atoms with Gasteiger partial charge in [0.15, 0.2) is 5.82 Å². The van der Waals surface area contributed by atoms with E-state index in [1.54, 1.807) is 0 Å². The Kier molecular flexibility index (Phi) is 3.93. The van der Waals surface area contributed by atoms with Crippen LogP contribution in [0.2, 0.25) is 0 Å². The summed E-state index contributed by atoms with van der Waals surface area (Å²) in [5.41, 5.74) is 0. The second kappa shape index (κ2) is 5.43. The van der Waals surface area contributed by atoms with Crippen LogP contribution in [0.25, 0.3) is 0 Å². The van der Waals surface area contributed by atoms with Crippen molar-refractivity contribution >= 4 is 0 Å². The summed E-state index contributed by atoms with van der Waals surface area (Å²) >= 11 is 0. The topological polar surface area (TPSA) is 51.0 Å². The zero-order chi connectivity index (χ0) is 11.4. The van der Waals surface area contributed by atoms with Crippen LogP contribution in [0.3, 0.4) is 0 Å². The molecule has 4 nitrogen and oxygen atoms in total. The van der Waals surface area contributed by atoms with E-state index in [0.717, 1.165) is 31.2 Å². The summed E-state index contributed by atoms with van der Waals surface area (Å²) in [6, 6.07) is 0. The Morgan fingerprint density at radius 1 is 1.44 bits per heavy atom. The van der Waals surface area contributed by atoms with Gasteiger partial charge in [-0.3, -0.25) is 0 Å². The van der Waals surface area contributed by atoms with Gasteiger partial charge in [0.25, 0.3) is 0 Å². The Balaban J connectivity index is 1.91. The van der Waals surface area contributed by atoms with Crippen LogP contribution < -0.4 is 5.32 Å². The Morgan fingerprint density at radius 3 is 3.06 bits per heavy atom. The number of hydrogen-bond acceptors (Lipinski definition) is 4. The molecule has 2 rings (SSSR count). The zero-order valence-electron chi connectivity index (χ0n) is 10.2. The van der Waals surface area contributed by atoms with Gasteiger partial charge < -0.3 is 9.84 Å². The Morgan fingerprint density at radius 2 is 2.31 bits per heavy atom. The monoisotopic (exact) mass is 223 g/mol. The van der Waals surface area contributed by atoms with Crippen molar-refractivity contribution in [1.82, 2.24) is 15.5 Å². The second-order valence-electron chi connectivity index (χ2n) is 4.97. The molecule has 0 spiro atoms. The van der Waals surface area contributed by atoms with E-state index in [1.165, 1.54) is 19.3 Å². The first-order chi connectivity index (χ1) is 7.75. The van der Waals surface area contributed by atoms with Crippen LogP contribution in [0.1, 0.15) is 50.7 Å². The first kappa shape index (κ1) is 11.6. The van der Waals surface area contributed by atoms with Crippen molar-refractivity contribution in [3.63, 3.8) is 0 Å². The molecule has 0 amide bonds. The van der Waals surface area contributed by atoms with Crippen molar-refractivity contribution in [1.29, 1.82) is 0 Å². The fraction of sp³-hybridized carbons (Fsp3) is 0.833. The summed E-state index contributed by atoms with van der Waals surface area (Å²) in [7, 11) is 0. The van der Waals surface area contributed by atoms with Gasteiger partial charge in [0, 0.05) is 12.3 Å². The fourth-order valence-corrected chi connectivity index (χ4v) is 2.11. The van der Waals surface area contributed by atoms with Gasteiger partial charge in [-0.05, 0) is 31.8 Å². The summed E-state index contributed by atoms with van der Waals surface area (Å²) in [6.45, 7) is 6.39. The third-order valence-electron chi connectivity index (χ3n) is 3.10. The van der Waals surface area contributed by atoms with Gasteiger partial charge >= 0.3 is 0 Å². The van der Waals surface area contributed by atoms with Gasteiger partial charge in [-0.2, -0.15) is 4.98 Å². The first-order valence-corrected chi connectivity index (χ1v) is 6.29. The number of hydrogen-bond donors (Lipinski definition) is 1. The van der Waals surface area contributed by atoms with E-state index in [0.29, 0.717) is 11.8 Å². The van der Waals surface area contributed by atoms with Gasteiger partial charge in [-0.15, -0.1) is 0 Å². The molecule has 1 N–H and O–H groups in total. The molecule has 1 aromatic rings. The maximum atomic E-state index is 5.22. The van der Waals surface area contributed by atoms with Crippen LogP contribution in [0.15, 0.2) is 4.52 Å². The van der Waals surface area contributed by atoms with Crippen LogP contribution in [-0.2, 0) is 6.42 Å². The molecule has 90 valence electrons. The molecule has 1 saturated heterocycles. The molecule has 1 fully saturated rings. The highest BCUT2D eigenvalue weighted by molar-refractivity contribution is 4.92. The summed E-state index contributed by atoms with van der Waals surface area (Å²) in [5, 5.41) is 7.51. The highest BCUT2D eigenvalue weighted by Gasteiger charge is 2.16. The van der Waals surface area contributed by atoms with Crippen molar-refractivity contribution in [3.05, 3.63) is 11.7 Å². The summed E-state index contributed by atoms with van der Waals surface area (Å²) in [5.74, 6) is 2.63. The summed E-state index contributed by atoms with van der Waals surface area (Å²) in [6.07, 6.45) is 4.83. The van der Waals surface area contributed by atoms with E-state index in [9.17, 15) is 0 Å². The van der Waals surface area contributed by atoms with Crippen molar-refractivity contribution < 1.29 is 4.52 Å². The summed E-state index contributed by atoms with van der Waals surface area (Å²) in [4.78, 5) is 4.43. The number of rotatable bonds is 3. The molecule has 0 radical (unpaired) electrons. The van der Waals surface area contributed by atoms with Crippen molar-refractivity contribution in [2.24, 2.45) is 5.92 Å². The van der Waals surface area contributed by atoms with Gasteiger partial charge in [0.1, 0.15) is 0 Å². The van der Waals surface area contributed by atoms with Crippen LogP contribution in [-0.4, -0.2) is 23.2 Å². The average Bonchev–Trinajstić information content (AvgIpc) is 2.56. The van der Waals surface area contributed by atoms with E-state index in [4.69, 9.17) is 4.52 Å². The molecule has 0 aliphatic carbocycles. The van der Waals surface area contributed by atoms with Crippen LogP contribution in [0, 0.1) is 5.92 Å². The summed E-state index contributed by atoms with van der Waals surface area (Å²) < 4.78 is 5.22. The van der Waals surface area contributed by atoms with Crippen molar-refractivity contribution in [2.75, 3.05) is 13.1 Å². The molecule has 0 saturated carbocycles. The van der Waals surface area contributed by atoms with E-state index in [-0.39, 0.29) is 0 Å². The van der Waals surface area contributed by atoms with Crippen molar-refractivity contribution in [2.45, 2.75) is 45.4 Å². The molecule has 16 heavy (non-hydrogen) atoms. The largest absolute Gasteiger partial charge is 0.339 e. The number of aromatic nitrogens is 2. The van der Waals surface area contributed by atoms with Crippen LogP contribution >= 0.6 is 0 Å². The lowest BCUT2D eigenvalue weighted by molar-refractivity contribution is 0.356. The minimum atomic E-state index is 0.327. The highest BCUT2D eigenvalue weighted by Crippen LogP contribution is 2.17. The zero-order valence-corrected chi connectivity index (χ0v) is 10.2. The second-order valence-corrected chi connectivity index (χ2v) is 4.97. The van der Waals surface area contributed by atoms with E-state index < -0.39 is 0 Å². The quantitative estimate of drug-likeness (QED) is 0.852. The normalized spacial score (nSPS) is 22.3. The lowest BCUT2D eigenvalue weighted by Gasteiger charge is -2.10. The third kappa shape index (κ3) is 3.04. The maximum Gasteiger partial charge on any atom is 0.229 e. The Bertz CT molecular complexity index is 314. The van der Waals surface area contributed by atoms with Gasteiger partial charge in [0.2, 0.25) is 5.89 Å². The molecular weight excluding hydrogens is 202 g/mol. The van der Waals surface area contributed by atoms with Crippen molar-refractivity contribution in [3.8, 4) is 0 Å². The van der Waals surface area contributed by atoms with Gasteiger partial charge in [-0.25, -0.2) is 0 Å². The Hall–Kier alpha value is -0.900. The van der Waals surface area contributed by atoms with E-state index in [2.05, 4.69) is 29.3 Å². The minimum absolute atomic E-state index is 0.327. The molecule has 4 heteroatoms. The number of nitrogens with one attached hydrogen (secondary N) is 1. The molecule has 0 bridgehead atoms. The standard InChI is InChI=1S/C12H21N3O/c1-9(2)12-14-11(15-16-12)7-10-5-3-4-6-13-8-10/h9-10,13H,3-8H2,1-2H3. The molecule has 1 atom stereocenters. The molecule has 2 heterocycles. The van der Waals surface area contributed by atoms with E-state index in [1.807, 2.05) is 0 Å². The third-order valence-corrected chi connectivity index (χ3v) is 3.10.